The number of aromatic nitrogens is 1. The van der Waals surface area contributed by atoms with Crippen LogP contribution in [0.4, 0.5) is 5.82 Å². The Bertz CT molecular complexity index is 292. The van der Waals surface area contributed by atoms with Crippen LogP contribution >= 0.6 is 8.25 Å². The number of pyridine rings is 1. The monoisotopic (exact) mass is 188 g/mol. The smallest absolute Gasteiger partial charge is 0.316 e. The van der Waals surface area contributed by atoms with Crippen molar-refractivity contribution in [2.75, 3.05) is 5.73 Å². The third-order valence-corrected chi connectivity index (χ3v) is 1.60. The molecule has 1 rings (SSSR count). The molecule has 0 fully saturated rings. The summed E-state index contributed by atoms with van der Waals surface area (Å²) in [5.74, 6) is 0.369. The summed E-state index contributed by atoms with van der Waals surface area (Å²) >= 11 is 0. The molecule has 0 aliphatic carbocycles. The lowest BCUT2D eigenvalue weighted by Gasteiger charge is -2.00. The number of nitrogen functional groups attached to an aromatic ring is 1. The van der Waals surface area contributed by atoms with E-state index in [2.05, 4.69) is 9.51 Å². The fraction of sp³-hybridized carbons (Fsp3) is 0.167. The summed E-state index contributed by atoms with van der Waals surface area (Å²) in [5, 5.41) is 0. The quantitative estimate of drug-likeness (QED) is 0.677. The van der Waals surface area contributed by atoms with Crippen LogP contribution in [-0.4, -0.2) is 9.88 Å². The molecule has 1 aromatic rings. The Labute approximate surface area is 70.1 Å². The second-order valence-electron chi connectivity index (χ2n) is 2.14. The highest BCUT2D eigenvalue weighted by Crippen LogP contribution is 2.17. The van der Waals surface area contributed by atoms with Crippen molar-refractivity contribution in [3.8, 4) is 0 Å². The van der Waals surface area contributed by atoms with E-state index in [4.69, 9.17) is 10.6 Å². The molecule has 1 aromatic heterocycles. The van der Waals surface area contributed by atoms with E-state index < -0.39 is 8.25 Å². The molecule has 1 atom stereocenters. The molecule has 0 saturated carbocycles. The van der Waals surface area contributed by atoms with Gasteiger partial charge in [0.15, 0.2) is 0 Å². The fourth-order valence-corrected chi connectivity index (χ4v) is 1.02. The Balaban J connectivity index is 2.57. The maximum absolute atomic E-state index is 10.2. The van der Waals surface area contributed by atoms with Crippen molar-refractivity contribution in [2.24, 2.45) is 0 Å². The van der Waals surface area contributed by atoms with E-state index >= 15 is 0 Å². The fourth-order valence-electron chi connectivity index (χ4n) is 0.729. The number of hydrogen-bond donors (Lipinski definition) is 2. The molecule has 0 aliphatic heterocycles. The number of anilines is 1. The minimum atomic E-state index is -2.86. The van der Waals surface area contributed by atoms with Gasteiger partial charge >= 0.3 is 8.25 Å². The lowest BCUT2D eigenvalue weighted by atomic mass is 10.3. The number of hydrogen-bond acceptors (Lipinski definition) is 4. The van der Waals surface area contributed by atoms with Crippen LogP contribution in [0.5, 0.6) is 0 Å². The van der Waals surface area contributed by atoms with Gasteiger partial charge in [-0.25, -0.2) is 4.98 Å². The van der Waals surface area contributed by atoms with E-state index in [9.17, 15) is 4.57 Å². The molecule has 1 unspecified atom stereocenters. The number of rotatable bonds is 3. The topological polar surface area (TPSA) is 85.4 Å². The molecule has 0 aromatic carbocycles. The molecular weight excluding hydrogens is 179 g/mol. The minimum absolute atomic E-state index is 0.0843. The number of nitrogens with two attached hydrogens (primary N) is 1. The van der Waals surface area contributed by atoms with Crippen molar-refractivity contribution in [3.05, 3.63) is 23.9 Å². The lowest BCUT2D eigenvalue weighted by molar-refractivity contribution is 0.272. The van der Waals surface area contributed by atoms with E-state index in [-0.39, 0.29) is 6.61 Å². The average Bonchev–Trinajstić information content (AvgIpc) is 2.01. The summed E-state index contributed by atoms with van der Waals surface area (Å²) < 4.78 is 14.7. The molecule has 5 nitrogen and oxygen atoms in total. The SMILES string of the molecule is Nc1cc(CO[PH](=O)O)ccn1. The van der Waals surface area contributed by atoms with Gasteiger partial charge in [0, 0.05) is 6.20 Å². The molecule has 12 heavy (non-hydrogen) atoms. The maximum Gasteiger partial charge on any atom is 0.316 e. The van der Waals surface area contributed by atoms with Gasteiger partial charge < -0.3 is 15.2 Å². The molecule has 0 amide bonds. The largest absolute Gasteiger partial charge is 0.384 e. The van der Waals surface area contributed by atoms with E-state index in [0.29, 0.717) is 5.82 Å². The standard InChI is InChI=1S/C6H9N2O3P/c7-6-3-5(1-2-8-6)4-11-12(9)10/h1-3,12H,4H2,(H2,7,8)(H,9,10). The molecule has 0 aliphatic rings. The number of nitrogens with zero attached hydrogens (tertiary/aromatic N) is 1. The molecular formula is C6H9N2O3P. The first kappa shape index (κ1) is 9.19. The minimum Gasteiger partial charge on any atom is -0.384 e. The Hall–Kier alpha value is -0.900. The Morgan fingerprint density at radius 1 is 1.75 bits per heavy atom. The molecule has 0 bridgehead atoms. The zero-order valence-electron chi connectivity index (χ0n) is 6.23. The van der Waals surface area contributed by atoms with Crippen LogP contribution in [0.1, 0.15) is 5.56 Å². The predicted octanol–water partition coefficient (Wildman–Crippen LogP) is 0.562. The van der Waals surface area contributed by atoms with Crippen molar-refractivity contribution < 1.29 is 14.0 Å². The van der Waals surface area contributed by atoms with E-state index in [0.717, 1.165) is 5.56 Å². The van der Waals surface area contributed by atoms with Crippen LogP contribution in [0, 0.1) is 0 Å². The molecule has 6 heteroatoms. The molecule has 0 spiro atoms. The highest BCUT2D eigenvalue weighted by Gasteiger charge is 1.96. The highest BCUT2D eigenvalue weighted by atomic mass is 31.1. The van der Waals surface area contributed by atoms with Crippen molar-refractivity contribution in [1.29, 1.82) is 0 Å². The van der Waals surface area contributed by atoms with Crippen LogP contribution in [0.15, 0.2) is 18.3 Å². The van der Waals surface area contributed by atoms with Gasteiger partial charge in [-0.1, -0.05) is 0 Å². The van der Waals surface area contributed by atoms with Gasteiger partial charge in [-0.15, -0.1) is 0 Å². The Morgan fingerprint density at radius 2 is 2.50 bits per heavy atom. The van der Waals surface area contributed by atoms with Crippen LogP contribution in [0.2, 0.25) is 0 Å². The van der Waals surface area contributed by atoms with Crippen molar-refractivity contribution in [1.82, 2.24) is 4.98 Å². The second-order valence-corrected chi connectivity index (χ2v) is 2.96. The summed E-state index contributed by atoms with van der Waals surface area (Å²) in [6, 6.07) is 3.26. The first-order valence-corrected chi connectivity index (χ1v) is 4.51. The summed E-state index contributed by atoms with van der Waals surface area (Å²) in [4.78, 5) is 12.1. The van der Waals surface area contributed by atoms with Gasteiger partial charge in [-0.2, -0.15) is 0 Å². The molecule has 3 N–H and O–H groups in total. The van der Waals surface area contributed by atoms with Gasteiger partial charge in [0.05, 0.1) is 6.61 Å². The summed E-state index contributed by atoms with van der Waals surface area (Å²) in [7, 11) is -2.86. The van der Waals surface area contributed by atoms with Gasteiger partial charge in [0.25, 0.3) is 0 Å². The van der Waals surface area contributed by atoms with Crippen molar-refractivity contribution in [2.45, 2.75) is 6.61 Å². The van der Waals surface area contributed by atoms with Crippen molar-refractivity contribution >= 4 is 14.1 Å². The average molecular weight is 188 g/mol. The van der Waals surface area contributed by atoms with E-state index in [1.54, 1.807) is 12.1 Å². The second kappa shape index (κ2) is 4.21. The van der Waals surface area contributed by atoms with Crippen molar-refractivity contribution in [3.63, 3.8) is 0 Å². The van der Waals surface area contributed by atoms with E-state index in [1.807, 2.05) is 0 Å². The first-order chi connectivity index (χ1) is 5.68. The molecule has 0 radical (unpaired) electrons. The molecule has 1 heterocycles. The Morgan fingerprint density at radius 3 is 3.08 bits per heavy atom. The van der Waals surface area contributed by atoms with Crippen LogP contribution in [-0.2, 0) is 15.7 Å². The zero-order valence-corrected chi connectivity index (χ0v) is 7.23. The van der Waals surface area contributed by atoms with Crippen LogP contribution in [0.25, 0.3) is 0 Å². The normalized spacial score (nSPS) is 12.8. The van der Waals surface area contributed by atoms with E-state index in [1.165, 1.54) is 6.20 Å². The maximum atomic E-state index is 10.2. The third-order valence-electron chi connectivity index (χ3n) is 1.21. The zero-order chi connectivity index (χ0) is 8.97. The predicted molar refractivity (Wildman–Crippen MR) is 44.7 cm³/mol. The molecule has 66 valence electrons. The van der Waals surface area contributed by atoms with Gasteiger partial charge in [0.2, 0.25) is 0 Å². The van der Waals surface area contributed by atoms with Crippen LogP contribution < -0.4 is 5.73 Å². The summed E-state index contributed by atoms with van der Waals surface area (Å²) in [6.45, 7) is 0.0843. The Kier molecular flexibility index (Phi) is 3.22. The lowest BCUT2D eigenvalue weighted by Crippen LogP contribution is -1.92. The third kappa shape index (κ3) is 3.00. The first-order valence-electron chi connectivity index (χ1n) is 3.24. The van der Waals surface area contributed by atoms with Gasteiger partial charge in [-0.3, -0.25) is 4.57 Å². The van der Waals surface area contributed by atoms with Crippen LogP contribution in [0.3, 0.4) is 0 Å². The van der Waals surface area contributed by atoms with Gasteiger partial charge in [0.1, 0.15) is 5.82 Å². The summed E-state index contributed by atoms with van der Waals surface area (Å²) in [5.41, 5.74) is 6.10. The van der Waals surface area contributed by atoms with Gasteiger partial charge in [-0.05, 0) is 17.7 Å². The highest BCUT2D eigenvalue weighted by molar-refractivity contribution is 7.32. The molecule has 0 saturated heterocycles. The summed E-state index contributed by atoms with van der Waals surface area (Å²) in [6.07, 6.45) is 1.52.